The predicted octanol–water partition coefficient (Wildman–Crippen LogP) is 4.35. The Balaban J connectivity index is 1.47. The summed E-state index contributed by atoms with van der Waals surface area (Å²) in [5.74, 6) is 3.15. The molecule has 0 bridgehead atoms. The minimum Gasteiger partial charge on any atom is -0.493 e. The molecule has 0 atom stereocenters. The first-order valence-corrected chi connectivity index (χ1v) is 10.3. The molecule has 2 aromatic carbocycles. The van der Waals surface area contributed by atoms with E-state index in [4.69, 9.17) is 36.3 Å². The Labute approximate surface area is 183 Å². The first-order valence-electron chi connectivity index (χ1n) is 9.95. The molecule has 0 spiro atoms. The van der Waals surface area contributed by atoms with E-state index in [0.717, 1.165) is 12.8 Å². The molecule has 0 unspecified atom stereocenters. The van der Waals surface area contributed by atoms with E-state index < -0.39 is 0 Å². The third kappa shape index (κ3) is 3.98. The molecular weight excluding hydrogens is 420 g/mol. The Morgan fingerprint density at radius 3 is 2.71 bits per heavy atom. The van der Waals surface area contributed by atoms with Crippen LogP contribution in [0.15, 0.2) is 41.5 Å². The van der Waals surface area contributed by atoms with Crippen LogP contribution in [0.2, 0.25) is 5.02 Å². The van der Waals surface area contributed by atoms with E-state index in [1.165, 1.54) is 0 Å². The summed E-state index contributed by atoms with van der Waals surface area (Å²) in [6, 6.07) is 9.22. The number of benzene rings is 2. The number of hydrogen-bond donors (Lipinski definition) is 2. The average Bonchev–Trinajstić information content (AvgIpc) is 3.59. The smallest absolute Gasteiger partial charge is 0.204 e. The number of nitrogens with two attached hydrogens (primary N) is 1. The van der Waals surface area contributed by atoms with Crippen molar-refractivity contribution in [1.82, 2.24) is 4.98 Å². The molecule has 0 amide bonds. The standard InChI is InChI=1S/C22H21ClN4O4/c1-28-18-11-16-19(21-20(18)29-8-9-30-21)17(6-7-25-16)31-13-4-5-15(14(23)10-13)27-22(24)26-12-2-3-12/h4-7,10-12H,2-3,8-9H2,1H3,(H3,24,26,27). The molecule has 160 valence electrons. The Morgan fingerprint density at radius 1 is 1.16 bits per heavy atom. The van der Waals surface area contributed by atoms with Crippen molar-refractivity contribution in [2.24, 2.45) is 10.7 Å². The predicted molar refractivity (Wildman–Crippen MR) is 119 cm³/mol. The van der Waals surface area contributed by atoms with Gasteiger partial charge in [-0.3, -0.25) is 4.98 Å². The van der Waals surface area contributed by atoms with Crippen molar-refractivity contribution >= 4 is 34.2 Å². The van der Waals surface area contributed by atoms with E-state index in [0.29, 0.717) is 75.6 Å². The first kappa shape index (κ1) is 19.6. The van der Waals surface area contributed by atoms with Crippen molar-refractivity contribution in [3.05, 3.63) is 41.6 Å². The molecule has 0 saturated heterocycles. The minimum absolute atomic E-state index is 0.324. The van der Waals surface area contributed by atoms with Gasteiger partial charge in [-0.1, -0.05) is 11.6 Å². The summed E-state index contributed by atoms with van der Waals surface area (Å²) in [6.07, 6.45) is 3.82. The molecule has 1 saturated carbocycles. The van der Waals surface area contributed by atoms with Crippen LogP contribution in [0.25, 0.3) is 10.9 Å². The van der Waals surface area contributed by atoms with Crippen LogP contribution in [0, 0.1) is 0 Å². The van der Waals surface area contributed by atoms with Gasteiger partial charge in [-0.15, -0.1) is 0 Å². The zero-order valence-corrected chi connectivity index (χ0v) is 17.6. The fourth-order valence-corrected chi connectivity index (χ4v) is 3.59. The minimum atomic E-state index is 0.324. The Hall–Kier alpha value is -3.39. The van der Waals surface area contributed by atoms with Gasteiger partial charge >= 0.3 is 0 Å². The van der Waals surface area contributed by atoms with Crippen LogP contribution in [0.3, 0.4) is 0 Å². The molecule has 1 fully saturated rings. The number of halogens is 1. The Bertz CT molecular complexity index is 1180. The Kier molecular flexibility index (Phi) is 5.07. The largest absolute Gasteiger partial charge is 0.493 e. The van der Waals surface area contributed by atoms with Crippen LogP contribution in [0.4, 0.5) is 5.69 Å². The lowest BCUT2D eigenvalue weighted by Crippen LogP contribution is -2.23. The topological polar surface area (TPSA) is 100 Å². The van der Waals surface area contributed by atoms with Gasteiger partial charge in [0.15, 0.2) is 17.5 Å². The number of pyridine rings is 1. The molecule has 9 heteroatoms. The maximum atomic E-state index is 6.44. The van der Waals surface area contributed by atoms with Crippen molar-refractivity contribution in [3.63, 3.8) is 0 Å². The van der Waals surface area contributed by atoms with Crippen LogP contribution < -0.4 is 30.0 Å². The summed E-state index contributed by atoms with van der Waals surface area (Å²) in [5.41, 5.74) is 7.27. The van der Waals surface area contributed by atoms with Gasteiger partial charge in [0.1, 0.15) is 24.7 Å². The van der Waals surface area contributed by atoms with E-state index in [-0.39, 0.29) is 0 Å². The molecule has 8 nitrogen and oxygen atoms in total. The van der Waals surface area contributed by atoms with E-state index in [9.17, 15) is 0 Å². The van der Waals surface area contributed by atoms with Crippen molar-refractivity contribution in [2.45, 2.75) is 18.9 Å². The van der Waals surface area contributed by atoms with Crippen LogP contribution >= 0.6 is 11.6 Å². The summed E-state index contributed by atoms with van der Waals surface area (Å²) < 4.78 is 23.3. The molecule has 31 heavy (non-hydrogen) atoms. The zero-order valence-electron chi connectivity index (χ0n) is 16.9. The number of nitrogens with one attached hydrogen (secondary N) is 1. The average molecular weight is 441 g/mol. The lowest BCUT2D eigenvalue weighted by Gasteiger charge is -2.23. The van der Waals surface area contributed by atoms with E-state index in [2.05, 4.69) is 15.3 Å². The zero-order chi connectivity index (χ0) is 21.4. The SMILES string of the molecule is COc1cc2nccc(Oc3ccc(NC(N)=NC4CC4)c(Cl)c3)c2c2c1OCCO2. The number of anilines is 1. The van der Waals surface area contributed by atoms with Gasteiger partial charge < -0.3 is 30.0 Å². The third-order valence-electron chi connectivity index (χ3n) is 4.96. The van der Waals surface area contributed by atoms with Gasteiger partial charge in [0.2, 0.25) is 5.75 Å². The lowest BCUT2D eigenvalue weighted by molar-refractivity contribution is 0.167. The third-order valence-corrected chi connectivity index (χ3v) is 5.28. The van der Waals surface area contributed by atoms with Gasteiger partial charge in [0.25, 0.3) is 0 Å². The van der Waals surface area contributed by atoms with Gasteiger partial charge in [0, 0.05) is 18.3 Å². The van der Waals surface area contributed by atoms with Gasteiger partial charge in [-0.05, 0) is 31.0 Å². The highest BCUT2D eigenvalue weighted by molar-refractivity contribution is 6.33. The van der Waals surface area contributed by atoms with Crippen LogP contribution in [-0.2, 0) is 0 Å². The quantitative estimate of drug-likeness (QED) is 0.449. The molecule has 1 aromatic heterocycles. The molecule has 2 heterocycles. The number of methoxy groups -OCH3 is 1. The monoisotopic (exact) mass is 440 g/mol. The maximum Gasteiger partial charge on any atom is 0.204 e. The summed E-state index contributed by atoms with van der Waals surface area (Å²) >= 11 is 6.44. The number of ether oxygens (including phenoxy) is 4. The number of fused-ring (bicyclic) bond motifs is 3. The molecule has 0 radical (unpaired) electrons. The second-order valence-corrected chi connectivity index (χ2v) is 7.66. The number of hydrogen-bond acceptors (Lipinski definition) is 6. The van der Waals surface area contributed by atoms with Crippen molar-refractivity contribution < 1.29 is 18.9 Å². The normalized spacial score (nSPS) is 15.6. The van der Waals surface area contributed by atoms with Crippen LogP contribution in [-0.4, -0.2) is 37.3 Å². The maximum absolute atomic E-state index is 6.44. The highest BCUT2D eigenvalue weighted by Crippen LogP contribution is 2.48. The highest BCUT2D eigenvalue weighted by atomic mass is 35.5. The molecule has 2 aliphatic rings. The fraction of sp³-hybridized carbons (Fsp3) is 0.273. The summed E-state index contributed by atoms with van der Waals surface area (Å²) in [5, 5.41) is 4.21. The Morgan fingerprint density at radius 2 is 1.97 bits per heavy atom. The van der Waals surface area contributed by atoms with Crippen molar-refractivity contribution in [2.75, 3.05) is 25.6 Å². The molecule has 3 N–H and O–H groups in total. The second-order valence-electron chi connectivity index (χ2n) is 7.25. The fourth-order valence-electron chi connectivity index (χ4n) is 3.37. The van der Waals surface area contributed by atoms with Gasteiger partial charge in [-0.2, -0.15) is 0 Å². The van der Waals surface area contributed by atoms with E-state index >= 15 is 0 Å². The summed E-state index contributed by atoms with van der Waals surface area (Å²) in [7, 11) is 1.58. The number of guanidine groups is 1. The molecular formula is C22H21ClN4O4. The second kappa shape index (κ2) is 8.03. The summed E-state index contributed by atoms with van der Waals surface area (Å²) in [4.78, 5) is 8.79. The molecule has 1 aliphatic heterocycles. The van der Waals surface area contributed by atoms with Crippen LogP contribution in [0.1, 0.15) is 12.8 Å². The van der Waals surface area contributed by atoms with Crippen LogP contribution in [0.5, 0.6) is 28.7 Å². The molecule has 1 aliphatic carbocycles. The number of rotatable bonds is 5. The van der Waals surface area contributed by atoms with E-state index in [1.807, 2.05) is 0 Å². The number of aromatic nitrogens is 1. The summed E-state index contributed by atoms with van der Waals surface area (Å²) in [6.45, 7) is 0.877. The first-order chi connectivity index (χ1) is 15.1. The van der Waals surface area contributed by atoms with E-state index in [1.54, 1.807) is 43.6 Å². The van der Waals surface area contributed by atoms with Gasteiger partial charge in [-0.25, -0.2) is 4.99 Å². The number of nitrogens with zero attached hydrogens (tertiary/aromatic N) is 2. The van der Waals surface area contributed by atoms with Crippen molar-refractivity contribution in [3.8, 4) is 28.7 Å². The number of aliphatic imine (C=N–C) groups is 1. The lowest BCUT2D eigenvalue weighted by atomic mass is 10.1. The molecule has 5 rings (SSSR count). The van der Waals surface area contributed by atoms with Gasteiger partial charge in [0.05, 0.1) is 34.8 Å². The highest BCUT2D eigenvalue weighted by Gasteiger charge is 2.24. The molecule has 3 aromatic rings. The van der Waals surface area contributed by atoms with Crippen molar-refractivity contribution in [1.29, 1.82) is 0 Å².